The molecule has 0 amide bonds. The van der Waals surface area contributed by atoms with Gasteiger partial charge in [0.1, 0.15) is 5.76 Å². The Bertz CT molecular complexity index is 189. The second kappa shape index (κ2) is 3.90. The van der Waals surface area contributed by atoms with Crippen molar-refractivity contribution in [2.45, 2.75) is 0 Å². The maximum atomic E-state index is 5.07. The number of furan rings is 1. The molecule has 0 unspecified atom stereocenters. The van der Waals surface area contributed by atoms with Gasteiger partial charge in [0.2, 0.25) is 0 Å². The van der Waals surface area contributed by atoms with Crippen molar-refractivity contribution in [3.05, 3.63) is 30.2 Å². The Morgan fingerprint density at radius 2 is 2.60 bits per heavy atom. The molecule has 0 radical (unpaired) electrons. The highest BCUT2D eigenvalue weighted by molar-refractivity contribution is 5.42. The maximum Gasteiger partial charge on any atom is 0.126 e. The Morgan fingerprint density at radius 3 is 3.20 bits per heavy atom. The Labute approximate surface area is 60.5 Å². The van der Waals surface area contributed by atoms with E-state index in [1.807, 2.05) is 31.3 Å². The number of rotatable bonds is 3. The van der Waals surface area contributed by atoms with E-state index in [4.69, 9.17) is 4.42 Å². The highest BCUT2D eigenvalue weighted by atomic mass is 16.3. The van der Waals surface area contributed by atoms with Gasteiger partial charge in [-0.25, -0.2) is 0 Å². The van der Waals surface area contributed by atoms with E-state index in [0.29, 0.717) is 0 Å². The summed E-state index contributed by atoms with van der Waals surface area (Å²) < 4.78 is 5.07. The van der Waals surface area contributed by atoms with Gasteiger partial charge in [-0.15, -0.1) is 0 Å². The summed E-state index contributed by atoms with van der Waals surface area (Å²) in [7, 11) is 1.91. The summed E-state index contributed by atoms with van der Waals surface area (Å²) in [6.07, 6.45) is 5.62. The standard InChI is InChI=1S/C8H11NO/c1-9-6-2-4-8-5-3-7-10-8/h2-5,7,9H,6H2,1H3. The molecule has 0 fully saturated rings. The minimum Gasteiger partial charge on any atom is -0.465 e. The van der Waals surface area contributed by atoms with E-state index in [2.05, 4.69) is 5.32 Å². The second-order valence-corrected chi connectivity index (χ2v) is 1.98. The van der Waals surface area contributed by atoms with Gasteiger partial charge in [0.05, 0.1) is 6.26 Å². The first kappa shape index (κ1) is 7.09. The lowest BCUT2D eigenvalue weighted by molar-refractivity contribution is 0.557. The third-order valence-electron chi connectivity index (χ3n) is 1.15. The van der Waals surface area contributed by atoms with E-state index in [1.165, 1.54) is 0 Å². The Morgan fingerprint density at radius 1 is 1.70 bits per heavy atom. The molecule has 0 saturated carbocycles. The van der Waals surface area contributed by atoms with Crippen molar-refractivity contribution in [3.63, 3.8) is 0 Å². The van der Waals surface area contributed by atoms with Crippen molar-refractivity contribution in [1.29, 1.82) is 0 Å². The molecule has 0 aliphatic rings. The fourth-order valence-corrected chi connectivity index (χ4v) is 0.679. The lowest BCUT2D eigenvalue weighted by atomic mass is 10.4. The quantitative estimate of drug-likeness (QED) is 0.683. The number of likely N-dealkylation sites (N-methyl/N-ethyl adjacent to an activating group) is 1. The van der Waals surface area contributed by atoms with E-state index in [0.717, 1.165) is 12.3 Å². The first-order valence-corrected chi connectivity index (χ1v) is 3.28. The molecule has 1 N–H and O–H groups in total. The molecule has 2 nitrogen and oxygen atoms in total. The van der Waals surface area contributed by atoms with Crippen LogP contribution < -0.4 is 5.32 Å². The minimum absolute atomic E-state index is 0.876. The molecule has 1 heterocycles. The first-order valence-electron chi connectivity index (χ1n) is 3.28. The van der Waals surface area contributed by atoms with Gasteiger partial charge in [-0.3, -0.25) is 0 Å². The Balaban J connectivity index is 2.40. The van der Waals surface area contributed by atoms with Gasteiger partial charge in [0.15, 0.2) is 0 Å². The van der Waals surface area contributed by atoms with Gasteiger partial charge in [-0.1, -0.05) is 6.08 Å². The molecule has 0 spiro atoms. The summed E-state index contributed by atoms with van der Waals surface area (Å²) in [5.74, 6) is 0.898. The van der Waals surface area contributed by atoms with Crippen LogP contribution in [0.3, 0.4) is 0 Å². The van der Waals surface area contributed by atoms with Gasteiger partial charge in [-0.2, -0.15) is 0 Å². The summed E-state index contributed by atoms with van der Waals surface area (Å²) in [6.45, 7) is 0.876. The van der Waals surface area contributed by atoms with Gasteiger partial charge in [0, 0.05) is 6.54 Å². The maximum absolute atomic E-state index is 5.07. The fourth-order valence-electron chi connectivity index (χ4n) is 0.679. The molecule has 0 aliphatic carbocycles. The highest BCUT2D eigenvalue weighted by Crippen LogP contribution is 2.00. The lowest BCUT2D eigenvalue weighted by Crippen LogP contribution is -2.03. The Hall–Kier alpha value is -1.02. The molecule has 0 bridgehead atoms. The molecule has 1 rings (SSSR count). The molecule has 2 heteroatoms. The third-order valence-corrected chi connectivity index (χ3v) is 1.15. The molecule has 1 aromatic heterocycles. The van der Waals surface area contributed by atoms with Crippen LogP contribution in [0.1, 0.15) is 5.76 Å². The number of hydrogen-bond donors (Lipinski definition) is 1. The van der Waals surface area contributed by atoms with Gasteiger partial charge in [-0.05, 0) is 25.3 Å². The summed E-state index contributed by atoms with van der Waals surface area (Å²) >= 11 is 0. The van der Waals surface area contributed by atoms with Crippen LogP contribution in [0.4, 0.5) is 0 Å². The summed E-state index contributed by atoms with van der Waals surface area (Å²) in [6, 6.07) is 3.80. The zero-order valence-electron chi connectivity index (χ0n) is 6.00. The molecule has 10 heavy (non-hydrogen) atoms. The molecule has 0 aromatic carbocycles. The van der Waals surface area contributed by atoms with E-state index in [1.54, 1.807) is 6.26 Å². The molecule has 0 atom stereocenters. The van der Waals surface area contributed by atoms with Crippen LogP contribution in [-0.4, -0.2) is 13.6 Å². The Kier molecular flexibility index (Phi) is 2.77. The average molecular weight is 137 g/mol. The SMILES string of the molecule is CNCC=Cc1ccco1. The van der Waals surface area contributed by atoms with Crippen LogP contribution >= 0.6 is 0 Å². The van der Waals surface area contributed by atoms with Crippen LogP contribution in [0.2, 0.25) is 0 Å². The van der Waals surface area contributed by atoms with Crippen molar-refractivity contribution >= 4 is 6.08 Å². The monoisotopic (exact) mass is 137 g/mol. The van der Waals surface area contributed by atoms with Crippen LogP contribution in [0.15, 0.2) is 28.9 Å². The van der Waals surface area contributed by atoms with Gasteiger partial charge >= 0.3 is 0 Å². The average Bonchev–Trinajstić information content (AvgIpc) is 2.41. The highest BCUT2D eigenvalue weighted by Gasteiger charge is 1.83. The summed E-state index contributed by atoms with van der Waals surface area (Å²) in [4.78, 5) is 0. The molecular weight excluding hydrogens is 126 g/mol. The van der Waals surface area contributed by atoms with Gasteiger partial charge in [0.25, 0.3) is 0 Å². The molecule has 0 saturated heterocycles. The first-order chi connectivity index (χ1) is 4.93. The zero-order valence-corrected chi connectivity index (χ0v) is 6.00. The van der Waals surface area contributed by atoms with Crippen molar-refractivity contribution in [2.75, 3.05) is 13.6 Å². The van der Waals surface area contributed by atoms with Crippen molar-refractivity contribution in [3.8, 4) is 0 Å². The van der Waals surface area contributed by atoms with Crippen molar-refractivity contribution in [2.24, 2.45) is 0 Å². The van der Waals surface area contributed by atoms with Crippen LogP contribution in [0.25, 0.3) is 6.08 Å². The third kappa shape index (κ3) is 2.07. The van der Waals surface area contributed by atoms with E-state index in [-0.39, 0.29) is 0 Å². The smallest absolute Gasteiger partial charge is 0.126 e. The van der Waals surface area contributed by atoms with Crippen molar-refractivity contribution in [1.82, 2.24) is 5.32 Å². The number of nitrogens with one attached hydrogen (secondary N) is 1. The molecular formula is C8H11NO. The van der Waals surface area contributed by atoms with Gasteiger partial charge < -0.3 is 9.73 Å². The second-order valence-electron chi connectivity index (χ2n) is 1.98. The predicted molar refractivity (Wildman–Crippen MR) is 41.7 cm³/mol. The largest absolute Gasteiger partial charge is 0.465 e. The molecule has 54 valence electrons. The zero-order chi connectivity index (χ0) is 7.23. The lowest BCUT2D eigenvalue weighted by Gasteiger charge is -1.85. The predicted octanol–water partition coefficient (Wildman–Crippen LogP) is 1.51. The normalized spacial score (nSPS) is 10.9. The summed E-state index contributed by atoms with van der Waals surface area (Å²) in [5.41, 5.74) is 0. The van der Waals surface area contributed by atoms with E-state index >= 15 is 0 Å². The topological polar surface area (TPSA) is 25.2 Å². The van der Waals surface area contributed by atoms with E-state index in [9.17, 15) is 0 Å². The number of hydrogen-bond acceptors (Lipinski definition) is 2. The summed E-state index contributed by atoms with van der Waals surface area (Å²) in [5, 5.41) is 3.00. The van der Waals surface area contributed by atoms with E-state index < -0.39 is 0 Å². The van der Waals surface area contributed by atoms with Crippen molar-refractivity contribution < 1.29 is 4.42 Å². The molecule has 0 aliphatic heterocycles. The fraction of sp³-hybridized carbons (Fsp3) is 0.250. The minimum atomic E-state index is 0.876. The van der Waals surface area contributed by atoms with Crippen LogP contribution in [-0.2, 0) is 0 Å². The molecule has 1 aromatic rings. The van der Waals surface area contributed by atoms with Crippen LogP contribution in [0, 0.1) is 0 Å². The van der Waals surface area contributed by atoms with Crippen LogP contribution in [0.5, 0.6) is 0 Å².